The summed E-state index contributed by atoms with van der Waals surface area (Å²) in [5.74, 6) is 0. The van der Waals surface area contributed by atoms with Crippen molar-refractivity contribution in [1.29, 1.82) is 0 Å². The largest absolute Gasteiger partial charge is 0.292 e. The van der Waals surface area contributed by atoms with Crippen LogP contribution in [-0.4, -0.2) is 19.3 Å². The molecule has 0 bridgehead atoms. The molecule has 0 fully saturated rings. The second-order valence-electron chi connectivity index (χ2n) is 5.07. The van der Waals surface area contributed by atoms with E-state index in [0.717, 1.165) is 24.1 Å². The normalized spacial score (nSPS) is 11.6. The van der Waals surface area contributed by atoms with Gasteiger partial charge in [-0.3, -0.25) is 14.0 Å². The van der Waals surface area contributed by atoms with E-state index in [1.54, 1.807) is 10.9 Å². The summed E-state index contributed by atoms with van der Waals surface area (Å²) in [4.78, 5) is 16.7. The van der Waals surface area contributed by atoms with E-state index in [-0.39, 0.29) is 5.56 Å². The fourth-order valence-corrected chi connectivity index (χ4v) is 3.29. The van der Waals surface area contributed by atoms with Crippen molar-refractivity contribution < 1.29 is 0 Å². The third-order valence-electron chi connectivity index (χ3n) is 3.75. The zero-order chi connectivity index (χ0) is 14.8. The van der Waals surface area contributed by atoms with Gasteiger partial charge >= 0.3 is 0 Å². The maximum absolute atomic E-state index is 12.3. The Bertz CT molecular complexity index is 797. The minimum Gasteiger partial charge on any atom is -0.292 e. The van der Waals surface area contributed by atoms with Gasteiger partial charge in [-0.2, -0.15) is 5.10 Å². The van der Waals surface area contributed by atoms with Crippen LogP contribution in [0.25, 0.3) is 10.2 Å². The van der Waals surface area contributed by atoms with E-state index in [4.69, 9.17) is 0 Å². The standard InChI is InChI=1S/C15H18N4OS/c1-3-12(4-2)19-7-5-11(17-19)9-18-10-16-13-6-8-21-14(13)15(18)20/h5-8,10,12H,3-4,9H2,1-2H3. The van der Waals surface area contributed by atoms with Crippen molar-refractivity contribution in [2.45, 2.75) is 39.3 Å². The van der Waals surface area contributed by atoms with Gasteiger partial charge in [0.25, 0.3) is 5.56 Å². The van der Waals surface area contributed by atoms with Crippen LogP contribution >= 0.6 is 11.3 Å². The summed E-state index contributed by atoms with van der Waals surface area (Å²) in [6.45, 7) is 4.79. The molecule has 0 N–H and O–H groups in total. The van der Waals surface area contributed by atoms with Crippen LogP contribution in [0.5, 0.6) is 0 Å². The van der Waals surface area contributed by atoms with E-state index in [0.29, 0.717) is 17.3 Å². The van der Waals surface area contributed by atoms with Gasteiger partial charge in [0.15, 0.2) is 0 Å². The van der Waals surface area contributed by atoms with Gasteiger partial charge < -0.3 is 0 Å². The lowest BCUT2D eigenvalue weighted by Crippen LogP contribution is -2.20. The van der Waals surface area contributed by atoms with Gasteiger partial charge in [0.1, 0.15) is 4.70 Å². The molecule has 0 aliphatic heterocycles. The zero-order valence-corrected chi connectivity index (χ0v) is 13.0. The quantitative estimate of drug-likeness (QED) is 0.728. The van der Waals surface area contributed by atoms with Crippen molar-refractivity contribution in [3.8, 4) is 0 Å². The van der Waals surface area contributed by atoms with E-state index < -0.39 is 0 Å². The number of aromatic nitrogens is 4. The average molecular weight is 302 g/mol. The van der Waals surface area contributed by atoms with Gasteiger partial charge in [0.05, 0.1) is 30.1 Å². The Labute approximate surface area is 126 Å². The van der Waals surface area contributed by atoms with Gasteiger partial charge in [0.2, 0.25) is 0 Å². The van der Waals surface area contributed by atoms with Crippen molar-refractivity contribution >= 4 is 21.6 Å². The first-order valence-electron chi connectivity index (χ1n) is 7.19. The first-order valence-corrected chi connectivity index (χ1v) is 8.07. The van der Waals surface area contributed by atoms with Crippen molar-refractivity contribution in [2.24, 2.45) is 0 Å². The SMILES string of the molecule is CCC(CC)n1ccc(Cn2cnc3ccsc3c2=O)n1. The maximum Gasteiger partial charge on any atom is 0.271 e. The number of thiophene rings is 1. The summed E-state index contributed by atoms with van der Waals surface area (Å²) in [7, 11) is 0. The van der Waals surface area contributed by atoms with Gasteiger partial charge in [0, 0.05) is 6.20 Å². The molecule has 0 radical (unpaired) electrons. The van der Waals surface area contributed by atoms with Crippen molar-refractivity contribution in [3.05, 3.63) is 46.1 Å². The van der Waals surface area contributed by atoms with Gasteiger partial charge in [-0.1, -0.05) is 13.8 Å². The van der Waals surface area contributed by atoms with Gasteiger partial charge in [-0.25, -0.2) is 4.98 Å². The van der Waals surface area contributed by atoms with Crippen LogP contribution in [0.3, 0.4) is 0 Å². The summed E-state index contributed by atoms with van der Waals surface area (Å²) in [6, 6.07) is 4.27. The predicted molar refractivity (Wildman–Crippen MR) is 84.8 cm³/mol. The molecule has 0 unspecified atom stereocenters. The van der Waals surface area contributed by atoms with E-state index in [2.05, 4.69) is 23.9 Å². The summed E-state index contributed by atoms with van der Waals surface area (Å²) in [5.41, 5.74) is 1.66. The minimum absolute atomic E-state index is 0.00656. The Kier molecular flexibility index (Phi) is 3.88. The van der Waals surface area contributed by atoms with Gasteiger partial charge in [-0.05, 0) is 30.4 Å². The molecule has 6 heteroatoms. The fraction of sp³-hybridized carbons (Fsp3) is 0.400. The van der Waals surface area contributed by atoms with Crippen molar-refractivity contribution in [3.63, 3.8) is 0 Å². The second kappa shape index (κ2) is 5.81. The van der Waals surface area contributed by atoms with Crippen LogP contribution in [0, 0.1) is 0 Å². The van der Waals surface area contributed by atoms with E-state index in [9.17, 15) is 4.79 Å². The third kappa shape index (κ3) is 2.63. The topological polar surface area (TPSA) is 52.7 Å². The number of rotatable bonds is 5. The Morgan fingerprint density at radius 1 is 1.29 bits per heavy atom. The lowest BCUT2D eigenvalue weighted by atomic mass is 10.2. The van der Waals surface area contributed by atoms with Crippen LogP contribution in [0.1, 0.15) is 38.4 Å². The first kappa shape index (κ1) is 14.0. The third-order valence-corrected chi connectivity index (χ3v) is 4.64. The highest BCUT2D eigenvalue weighted by molar-refractivity contribution is 7.17. The molecule has 0 atom stereocenters. The second-order valence-corrected chi connectivity index (χ2v) is 5.99. The molecule has 21 heavy (non-hydrogen) atoms. The van der Waals surface area contributed by atoms with Gasteiger partial charge in [-0.15, -0.1) is 11.3 Å². The lowest BCUT2D eigenvalue weighted by molar-refractivity contribution is 0.424. The Morgan fingerprint density at radius 3 is 2.86 bits per heavy atom. The van der Waals surface area contributed by atoms with E-state index in [1.807, 2.05) is 28.4 Å². The average Bonchev–Trinajstić information content (AvgIpc) is 3.13. The molecular formula is C15H18N4OS. The molecule has 0 spiro atoms. The number of hydrogen-bond donors (Lipinski definition) is 0. The monoisotopic (exact) mass is 302 g/mol. The highest BCUT2D eigenvalue weighted by Gasteiger charge is 2.10. The first-order chi connectivity index (χ1) is 10.2. The van der Waals surface area contributed by atoms with Crippen molar-refractivity contribution in [1.82, 2.24) is 19.3 Å². The Morgan fingerprint density at radius 2 is 2.10 bits per heavy atom. The Balaban J connectivity index is 1.88. The van der Waals surface area contributed by atoms with Crippen molar-refractivity contribution in [2.75, 3.05) is 0 Å². The molecule has 0 saturated heterocycles. The molecule has 0 aliphatic carbocycles. The maximum atomic E-state index is 12.3. The minimum atomic E-state index is 0.00656. The molecule has 3 aromatic rings. The Hall–Kier alpha value is -1.95. The summed E-state index contributed by atoms with van der Waals surface area (Å²) >= 11 is 1.43. The molecule has 110 valence electrons. The number of nitrogens with zero attached hydrogens (tertiary/aromatic N) is 4. The molecule has 0 saturated carbocycles. The number of fused-ring (bicyclic) bond motifs is 1. The smallest absolute Gasteiger partial charge is 0.271 e. The summed E-state index contributed by atoms with van der Waals surface area (Å²) in [6.07, 6.45) is 5.71. The number of hydrogen-bond acceptors (Lipinski definition) is 4. The molecule has 5 nitrogen and oxygen atoms in total. The molecule has 0 aromatic carbocycles. The fourth-order valence-electron chi connectivity index (χ4n) is 2.49. The van der Waals surface area contributed by atoms with E-state index in [1.165, 1.54) is 11.3 Å². The molecule has 0 aliphatic rings. The van der Waals surface area contributed by atoms with Crippen LogP contribution in [0.2, 0.25) is 0 Å². The van der Waals surface area contributed by atoms with Crippen LogP contribution in [-0.2, 0) is 6.54 Å². The molecular weight excluding hydrogens is 284 g/mol. The highest BCUT2D eigenvalue weighted by atomic mass is 32.1. The molecule has 3 rings (SSSR count). The zero-order valence-electron chi connectivity index (χ0n) is 12.2. The summed E-state index contributed by atoms with van der Waals surface area (Å²) in [5, 5.41) is 6.48. The lowest BCUT2D eigenvalue weighted by Gasteiger charge is -2.12. The van der Waals surface area contributed by atoms with Crippen LogP contribution in [0.4, 0.5) is 0 Å². The molecule has 3 heterocycles. The predicted octanol–water partition coefficient (Wildman–Crippen LogP) is 3.06. The highest BCUT2D eigenvalue weighted by Crippen LogP contribution is 2.16. The molecule has 3 aromatic heterocycles. The van der Waals surface area contributed by atoms with E-state index >= 15 is 0 Å². The van der Waals surface area contributed by atoms with Crippen LogP contribution < -0.4 is 5.56 Å². The summed E-state index contributed by atoms with van der Waals surface area (Å²) < 4.78 is 4.33. The van der Waals surface area contributed by atoms with Crippen LogP contribution in [0.15, 0.2) is 34.8 Å². The molecule has 0 amide bonds.